The van der Waals surface area contributed by atoms with Crippen LogP contribution in [0, 0.1) is 11.6 Å². The van der Waals surface area contributed by atoms with Crippen LogP contribution in [-0.2, 0) is 0 Å². The van der Waals surface area contributed by atoms with Crippen LogP contribution in [-0.4, -0.2) is 17.3 Å². The first kappa shape index (κ1) is 18.2. The van der Waals surface area contributed by atoms with Crippen molar-refractivity contribution in [3.05, 3.63) is 29.3 Å². The van der Waals surface area contributed by atoms with Crippen LogP contribution in [0.5, 0.6) is 5.75 Å². The molecule has 1 aliphatic carbocycles. The number of rotatable bonds is 7. The smallest absolute Gasteiger partial charge is 0.200 e. The molecule has 1 saturated carbocycles. The van der Waals surface area contributed by atoms with Gasteiger partial charge in [-0.3, -0.25) is 0 Å². The molecule has 0 atom stereocenters. The van der Waals surface area contributed by atoms with E-state index in [0.29, 0.717) is 37.9 Å². The van der Waals surface area contributed by atoms with E-state index in [2.05, 4.69) is 6.92 Å². The Morgan fingerprint density at radius 2 is 1.83 bits per heavy atom. The van der Waals surface area contributed by atoms with Crippen LogP contribution in [0.2, 0.25) is 0 Å². The predicted octanol–water partition coefficient (Wildman–Crippen LogP) is 5.33. The summed E-state index contributed by atoms with van der Waals surface area (Å²) in [5.41, 5.74) is -0.201. The molecule has 1 aromatic carbocycles. The van der Waals surface area contributed by atoms with E-state index in [1.807, 2.05) is 0 Å². The van der Waals surface area contributed by atoms with Gasteiger partial charge in [0.2, 0.25) is 5.82 Å². The quantitative estimate of drug-likeness (QED) is 0.686. The van der Waals surface area contributed by atoms with Gasteiger partial charge in [-0.25, -0.2) is 4.39 Å². The summed E-state index contributed by atoms with van der Waals surface area (Å²) in [5, 5.41) is 10.6. The molecule has 1 aromatic rings. The standard InChI is InChI=1S/C19H28F2O2/c1-3-5-6-11-19(22)12-9-14(10-13-19)15-7-8-16(23-4-2)18(21)17(15)20/h7-8,14,22H,3-6,9-13H2,1-2H3. The molecule has 0 bridgehead atoms. The Bertz CT molecular complexity index is 508. The van der Waals surface area contributed by atoms with Gasteiger partial charge >= 0.3 is 0 Å². The lowest BCUT2D eigenvalue weighted by molar-refractivity contribution is -0.0108. The number of hydrogen-bond donors (Lipinski definition) is 1. The highest BCUT2D eigenvalue weighted by Crippen LogP contribution is 2.42. The Morgan fingerprint density at radius 1 is 1.13 bits per heavy atom. The van der Waals surface area contributed by atoms with Crippen molar-refractivity contribution in [2.45, 2.75) is 76.7 Å². The molecule has 0 unspecified atom stereocenters. The maximum absolute atomic E-state index is 14.3. The largest absolute Gasteiger partial charge is 0.491 e. The van der Waals surface area contributed by atoms with Gasteiger partial charge in [0.1, 0.15) is 0 Å². The molecule has 0 radical (unpaired) electrons. The summed E-state index contributed by atoms with van der Waals surface area (Å²) in [5.74, 6) is -1.74. The van der Waals surface area contributed by atoms with Crippen molar-refractivity contribution in [1.82, 2.24) is 0 Å². The molecule has 0 saturated heterocycles. The normalized spacial score (nSPS) is 24.7. The molecular formula is C19H28F2O2. The van der Waals surface area contributed by atoms with Crippen LogP contribution in [0.25, 0.3) is 0 Å². The van der Waals surface area contributed by atoms with Crippen molar-refractivity contribution in [1.29, 1.82) is 0 Å². The Morgan fingerprint density at radius 3 is 2.43 bits per heavy atom. The number of ether oxygens (including phenoxy) is 1. The minimum absolute atomic E-state index is 0.0216. The molecule has 0 amide bonds. The first-order valence-corrected chi connectivity index (χ1v) is 8.84. The van der Waals surface area contributed by atoms with E-state index in [9.17, 15) is 13.9 Å². The fourth-order valence-corrected chi connectivity index (χ4v) is 3.55. The topological polar surface area (TPSA) is 29.5 Å². The van der Waals surface area contributed by atoms with Gasteiger partial charge in [-0.1, -0.05) is 32.3 Å². The van der Waals surface area contributed by atoms with E-state index in [1.54, 1.807) is 13.0 Å². The maximum Gasteiger partial charge on any atom is 0.200 e. The van der Waals surface area contributed by atoms with E-state index < -0.39 is 17.2 Å². The predicted molar refractivity (Wildman–Crippen MR) is 87.8 cm³/mol. The molecule has 2 rings (SSSR count). The van der Waals surface area contributed by atoms with Crippen molar-refractivity contribution < 1.29 is 18.6 Å². The number of unbranched alkanes of at least 4 members (excludes halogenated alkanes) is 2. The molecule has 2 nitrogen and oxygen atoms in total. The van der Waals surface area contributed by atoms with Crippen molar-refractivity contribution in [2.75, 3.05) is 6.61 Å². The van der Waals surface area contributed by atoms with Crippen LogP contribution in [0.3, 0.4) is 0 Å². The van der Waals surface area contributed by atoms with E-state index in [4.69, 9.17) is 4.74 Å². The van der Waals surface area contributed by atoms with E-state index in [0.717, 1.165) is 25.7 Å². The van der Waals surface area contributed by atoms with Gasteiger partial charge in [-0.05, 0) is 56.6 Å². The second-order valence-electron chi connectivity index (χ2n) is 6.67. The molecular weight excluding hydrogens is 298 g/mol. The minimum Gasteiger partial charge on any atom is -0.491 e. The molecule has 1 aliphatic rings. The monoisotopic (exact) mass is 326 g/mol. The Hall–Kier alpha value is -1.16. The van der Waals surface area contributed by atoms with Gasteiger partial charge in [0.15, 0.2) is 11.6 Å². The lowest BCUT2D eigenvalue weighted by atomic mass is 9.74. The number of halogens is 2. The summed E-state index contributed by atoms with van der Waals surface area (Å²) < 4.78 is 33.4. The van der Waals surface area contributed by atoms with Crippen LogP contribution in [0.1, 0.15) is 76.7 Å². The minimum atomic E-state index is -0.895. The van der Waals surface area contributed by atoms with E-state index in [-0.39, 0.29) is 11.7 Å². The zero-order valence-corrected chi connectivity index (χ0v) is 14.2. The molecule has 0 heterocycles. The first-order chi connectivity index (χ1) is 11.0. The molecule has 0 spiro atoms. The molecule has 4 heteroatoms. The lowest BCUT2D eigenvalue weighted by Crippen LogP contribution is -2.33. The SMILES string of the molecule is CCCCCC1(O)CCC(c2ccc(OCC)c(F)c2F)CC1. The summed E-state index contributed by atoms with van der Waals surface area (Å²) in [6.45, 7) is 4.19. The summed E-state index contributed by atoms with van der Waals surface area (Å²) in [6, 6.07) is 3.15. The van der Waals surface area contributed by atoms with Gasteiger partial charge in [0.25, 0.3) is 0 Å². The third kappa shape index (κ3) is 4.43. The summed E-state index contributed by atoms with van der Waals surface area (Å²) in [7, 11) is 0. The van der Waals surface area contributed by atoms with Gasteiger partial charge in [-0.2, -0.15) is 4.39 Å². The Balaban J connectivity index is 2.01. The Kier molecular flexibility index (Phi) is 6.40. The second kappa shape index (κ2) is 8.09. The zero-order chi connectivity index (χ0) is 16.9. The fraction of sp³-hybridized carbons (Fsp3) is 0.684. The average molecular weight is 326 g/mol. The van der Waals surface area contributed by atoms with Crippen LogP contribution in [0.4, 0.5) is 8.78 Å². The van der Waals surface area contributed by atoms with Crippen molar-refractivity contribution in [2.24, 2.45) is 0 Å². The van der Waals surface area contributed by atoms with Gasteiger partial charge in [0, 0.05) is 0 Å². The van der Waals surface area contributed by atoms with Gasteiger partial charge in [0.05, 0.1) is 12.2 Å². The second-order valence-corrected chi connectivity index (χ2v) is 6.67. The fourth-order valence-electron chi connectivity index (χ4n) is 3.55. The van der Waals surface area contributed by atoms with Gasteiger partial charge < -0.3 is 9.84 Å². The van der Waals surface area contributed by atoms with Crippen LogP contribution >= 0.6 is 0 Å². The van der Waals surface area contributed by atoms with Crippen molar-refractivity contribution >= 4 is 0 Å². The third-order valence-corrected chi connectivity index (χ3v) is 4.98. The summed E-state index contributed by atoms with van der Waals surface area (Å²) >= 11 is 0. The highest BCUT2D eigenvalue weighted by molar-refractivity contribution is 5.33. The van der Waals surface area contributed by atoms with Crippen LogP contribution < -0.4 is 4.74 Å². The average Bonchev–Trinajstić information content (AvgIpc) is 2.54. The first-order valence-electron chi connectivity index (χ1n) is 8.84. The summed E-state index contributed by atoms with van der Waals surface area (Å²) in [6.07, 6.45) is 6.84. The number of hydrogen-bond acceptors (Lipinski definition) is 2. The molecule has 0 aliphatic heterocycles. The zero-order valence-electron chi connectivity index (χ0n) is 14.2. The van der Waals surface area contributed by atoms with Crippen molar-refractivity contribution in [3.8, 4) is 5.75 Å². The maximum atomic E-state index is 14.3. The third-order valence-electron chi connectivity index (χ3n) is 4.98. The van der Waals surface area contributed by atoms with E-state index >= 15 is 0 Å². The lowest BCUT2D eigenvalue weighted by Gasteiger charge is -2.36. The molecule has 1 fully saturated rings. The molecule has 23 heavy (non-hydrogen) atoms. The number of benzene rings is 1. The molecule has 0 aromatic heterocycles. The number of aliphatic hydroxyl groups is 1. The molecule has 1 N–H and O–H groups in total. The highest BCUT2D eigenvalue weighted by atomic mass is 19.2. The molecule has 130 valence electrons. The van der Waals surface area contributed by atoms with Crippen LogP contribution in [0.15, 0.2) is 12.1 Å². The highest BCUT2D eigenvalue weighted by Gasteiger charge is 2.34. The summed E-state index contributed by atoms with van der Waals surface area (Å²) in [4.78, 5) is 0. The van der Waals surface area contributed by atoms with Crippen molar-refractivity contribution in [3.63, 3.8) is 0 Å². The Labute approximate surface area is 137 Å². The van der Waals surface area contributed by atoms with E-state index in [1.165, 1.54) is 6.07 Å². The van der Waals surface area contributed by atoms with Gasteiger partial charge in [-0.15, -0.1) is 0 Å².